The molecule has 37 heavy (non-hydrogen) atoms. The van der Waals surface area contributed by atoms with Gasteiger partial charge in [0.1, 0.15) is 12.1 Å². The number of nitrogens with zero attached hydrogens (tertiary/aromatic N) is 4. The molecule has 2 saturated heterocycles. The number of amides is 3. The molecule has 4 aliphatic heterocycles. The Morgan fingerprint density at radius 1 is 1.22 bits per heavy atom. The van der Waals surface area contributed by atoms with E-state index in [1.807, 2.05) is 0 Å². The zero-order valence-electron chi connectivity index (χ0n) is 19.7. The first-order chi connectivity index (χ1) is 17.3. The summed E-state index contributed by atoms with van der Waals surface area (Å²) in [4.78, 5) is 48.4. The number of imide groups is 1. The van der Waals surface area contributed by atoms with Gasteiger partial charge < -0.3 is 37.2 Å². The molecular weight excluding hydrogens is 508 g/mol. The Morgan fingerprint density at radius 3 is 2.54 bits per heavy atom. The highest BCUT2D eigenvalue weighted by molar-refractivity contribution is 7.90. The number of aliphatic hydroxyl groups is 2. The van der Waals surface area contributed by atoms with Crippen molar-refractivity contribution in [3.05, 3.63) is 29.8 Å². The Bertz CT molecular complexity index is 1360. The maximum absolute atomic E-state index is 13.0. The molecule has 4 heterocycles. The van der Waals surface area contributed by atoms with Gasteiger partial charge in [0.05, 0.1) is 17.5 Å². The highest BCUT2D eigenvalue weighted by atomic mass is 32.2. The third-order valence-corrected chi connectivity index (χ3v) is 8.27. The molecule has 16 heteroatoms. The number of benzene rings is 1. The van der Waals surface area contributed by atoms with E-state index >= 15 is 0 Å². The molecule has 0 radical (unpaired) electrons. The van der Waals surface area contributed by atoms with Crippen molar-refractivity contribution in [1.82, 2.24) is 20.4 Å². The molecule has 1 aromatic carbocycles. The molecule has 1 aromatic rings. The van der Waals surface area contributed by atoms with Gasteiger partial charge in [0.15, 0.2) is 27.4 Å². The van der Waals surface area contributed by atoms with Crippen LogP contribution in [-0.4, -0.2) is 107 Å². The molecular formula is C21H26N8O7S. The Balaban J connectivity index is 1.46. The van der Waals surface area contributed by atoms with E-state index in [1.54, 1.807) is 0 Å². The molecule has 1 spiro atoms. The maximum Gasteiger partial charge on any atom is 0.251 e. The lowest BCUT2D eigenvalue weighted by Crippen LogP contribution is -2.78. The second kappa shape index (κ2) is 8.12. The number of aliphatic imine (C=N–C) groups is 2. The predicted octanol–water partition coefficient (Wildman–Crippen LogP) is -3.99. The van der Waals surface area contributed by atoms with Crippen LogP contribution in [0.1, 0.15) is 23.2 Å². The molecule has 0 bridgehead atoms. The summed E-state index contributed by atoms with van der Waals surface area (Å²) in [5.74, 6) is -4.55. The molecule has 4 aliphatic rings. The topological polar surface area (TPSA) is 233 Å². The van der Waals surface area contributed by atoms with Crippen molar-refractivity contribution >= 4 is 39.5 Å². The van der Waals surface area contributed by atoms with Crippen molar-refractivity contribution in [1.29, 1.82) is 0 Å². The average molecular weight is 535 g/mol. The van der Waals surface area contributed by atoms with Crippen molar-refractivity contribution in [3.8, 4) is 0 Å². The number of carbonyl (C=O) groups excluding carboxylic acids is 3. The van der Waals surface area contributed by atoms with Gasteiger partial charge in [-0.05, 0) is 18.2 Å². The number of carbonyl (C=O) groups is 3. The average Bonchev–Trinajstić information content (AvgIpc) is 3.41. The van der Waals surface area contributed by atoms with Crippen LogP contribution in [0.15, 0.2) is 39.1 Å². The SMILES string of the molecule is CS(=O)(=O)c1cccc(C(=O)NC2CN3C(N)=NC(CN4C(=O)CCC4=O)[C@@H]4N=C(N)N[C@@]43C2(O)O)c1. The van der Waals surface area contributed by atoms with E-state index in [0.29, 0.717) is 0 Å². The van der Waals surface area contributed by atoms with E-state index < -0.39 is 45.3 Å². The minimum absolute atomic E-state index is 0.0154. The number of hydrogen-bond donors (Lipinski definition) is 6. The number of nitrogens with one attached hydrogen (secondary N) is 2. The number of rotatable bonds is 5. The minimum Gasteiger partial charge on any atom is -0.370 e. The maximum atomic E-state index is 13.0. The van der Waals surface area contributed by atoms with Crippen LogP contribution in [0.3, 0.4) is 0 Å². The smallest absolute Gasteiger partial charge is 0.251 e. The van der Waals surface area contributed by atoms with E-state index in [-0.39, 0.29) is 60.1 Å². The second-order valence-electron chi connectivity index (χ2n) is 9.47. The summed E-state index contributed by atoms with van der Waals surface area (Å²) in [7, 11) is -3.59. The molecule has 0 saturated carbocycles. The first-order valence-electron chi connectivity index (χ1n) is 11.4. The molecule has 2 unspecified atom stereocenters. The number of sulfone groups is 1. The van der Waals surface area contributed by atoms with E-state index in [4.69, 9.17) is 11.5 Å². The van der Waals surface area contributed by atoms with Crippen molar-refractivity contribution in [2.24, 2.45) is 21.5 Å². The molecule has 0 aromatic heterocycles. The van der Waals surface area contributed by atoms with Crippen LogP contribution in [0.5, 0.6) is 0 Å². The van der Waals surface area contributed by atoms with Crippen LogP contribution in [0.25, 0.3) is 0 Å². The molecule has 4 atom stereocenters. The monoisotopic (exact) mass is 534 g/mol. The van der Waals surface area contributed by atoms with Gasteiger partial charge in [-0.2, -0.15) is 0 Å². The third-order valence-electron chi connectivity index (χ3n) is 7.16. The number of likely N-dealkylation sites (tertiary alicyclic amines) is 1. The Morgan fingerprint density at radius 2 is 1.89 bits per heavy atom. The number of guanidine groups is 2. The van der Waals surface area contributed by atoms with Gasteiger partial charge >= 0.3 is 0 Å². The fourth-order valence-corrected chi connectivity index (χ4v) is 6.03. The summed E-state index contributed by atoms with van der Waals surface area (Å²) in [5.41, 5.74) is 10.3. The standard InChI is InChI=1S/C21H26N8O7S/c1-37(35,36)11-4-2-3-10(7-11)17(32)25-13-9-29-19(23)24-12(8-28-14(30)5-6-15(28)31)16-20(29,21(13,33)34)27-18(22)26-16/h2-4,7,12-13,16,33-34H,5-6,8-9H2,1H3,(H2,23,24)(H,25,32)(H3,22,26,27)/t12?,13?,16-,20-/m0/s1. The van der Waals surface area contributed by atoms with E-state index in [2.05, 4.69) is 20.6 Å². The first kappa shape index (κ1) is 24.9. The van der Waals surface area contributed by atoms with Gasteiger partial charge in [-0.15, -0.1) is 0 Å². The molecule has 198 valence electrons. The van der Waals surface area contributed by atoms with Gasteiger partial charge in [0.2, 0.25) is 17.6 Å². The fraction of sp³-hybridized carbons (Fsp3) is 0.476. The van der Waals surface area contributed by atoms with Gasteiger partial charge in [-0.3, -0.25) is 19.3 Å². The first-order valence-corrected chi connectivity index (χ1v) is 13.3. The van der Waals surface area contributed by atoms with Crippen LogP contribution in [-0.2, 0) is 19.4 Å². The van der Waals surface area contributed by atoms with Gasteiger partial charge in [0, 0.05) is 31.2 Å². The van der Waals surface area contributed by atoms with Crippen LogP contribution in [0.4, 0.5) is 0 Å². The fourth-order valence-electron chi connectivity index (χ4n) is 5.36. The van der Waals surface area contributed by atoms with Crippen molar-refractivity contribution in [2.75, 3.05) is 19.3 Å². The van der Waals surface area contributed by atoms with Gasteiger partial charge in [0.25, 0.3) is 5.91 Å². The molecule has 2 fully saturated rings. The molecule has 15 nitrogen and oxygen atoms in total. The van der Waals surface area contributed by atoms with Crippen molar-refractivity contribution < 1.29 is 33.0 Å². The zero-order valence-corrected chi connectivity index (χ0v) is 20.5. The predicted molar refractivity (Wildman–Crippen MR) is 127 cm³/mol. The highest BCUT2D eigenvalue weighted by Crippen LogP contribution is 2.45. The lowest BCUT2D eigenvalue weighted by Gasteiger charge is -2.49. The summed E-state index contributed by atoms with van der Waals surface area (Å²) in [6.45, 7) is -0.414. The van der Waals surface area contributed by atoms with E-state index in [0.717, 1.165) is 11.2 Å². The molecule has 3 amide bonds. The van der Waals surface area contributed by atoms with Crippen LogP contribution >= 0.6 is 0 Å². The lowest BCUT2D eigenvalue weighted by molar-refractivity contribution is -0.230. The van der Waals surface area contributed by atoms with Gasteiger partial charge in [-0.25, -0.2) is 18.4 Å². The Kier molecular flexibility index (Phi) is 5.47. The highest BCUT2D eigenvalue weighted by Gasteiger charge is 2.73. The van der Waals surface area contributed by atoms with Crippen molar-refractivity contribution in [3.63, 3.8) is 0 Å². The van der Waals surface area contributed by atoms with Crippen LogP contribution in [0, 0.1) is 0 Å². The number of hydrogen-bond acceptors (Lipinski definition) is 13. The molecule has 0 aliphatic carbocycles. The third kappa shape index (κ3) is 3.70. The quantitative estimate of drug-likeness (QED) is 0.157. The lowest BCUT2D eigenvalue weighted by atomic mass is 9.84. The Labute approximate surface area is 211 Å². The summed E-state index contributed by atoms with van der Waals surface area (Å²) in [6.07, 6.45) is 1.13. The van der Waals surface area contributed by atoms with E-state index in [9.17, 15) is 33.0 Å². The van der Waals surface area contributed by atoms with Crippen LogP contribution in [0.2, 0.25) is 0 Å². The number of nitrogens with two attached hydrogens (primary N) is 2. The summed E-state index contributed by atoms with van der Waals surface area (Å²) in [5, 5.41) is 28.2. The minimum atomic E-state index is -3.59. The normalized spacial score (nSPS) is 30.4. The molecule has 8 N–H and O–H groups in total. The van der Waals surface area contributed by atoms with E-state index in [1.165, 1.54) is 29.2 Å². The zero-order chi connectivity index (χ0) is 26.9. The summed E-state index contributed by atoms with van der Waals surface area (Å²) < 4.78 is 23.8. The summed E-state index contributed by atoms with van der Waals surface area (Å²) >= 11 is 0. The largest absolute Gasteiger partial charge is 0.370 e. The van der Waals surface area contributed by atoms with Gasteiger partial charge in [-0.1, -0.05) is 6.07 Å². The summed E-state index contributed by atoms with van der Waals surface area (Å²) in [6, 6.07) is 1.89. The molecule has 5 rings (SSSR count). The second-order valence-corrected chi connectivity index (χ2v) is 11.5. The Hall–Kier alpha value is -3.76. The van der Waals surface area contributed by atoms with Crippen molar-refractivity contribution in [2.45, 2.75) is 47.3 Å². The van der Waals surface area contributed by atoms with Crippen LogP contribution < -0.4 is 22.1 Å².